The van der Waals surface area contributed by atoms with Crippen molar-refractivity contribution in [3.63, 3.8) is 0 Å². The number of methoxy groups -OCH3 is 2. The number of hydrogen-bond donors (Lipinski definition) is 0. The molecular formula is C22H24ClN3O4. The molecule has 158 valence electrons. The van der Waals surface area contributed by atoms with Gasteiger partial charge in [-0.1, -0.05) is 29.8 Å². The molecule has 3 rings (SSSR count). The van der Waals surface area contributed by atoms with Gasteiger partial charge in [-0.15, -0.1) is 0 Å². The highest BCUT2D eigenvalue weighted by Gasteiger charge is 2.41. The third-order valence-corrected chi connectivity index (χ3v) is 5.04. The van der Waals surface area contributed by atoms with Crippen molar-refractivity contribution in [1.82, 2.24) is 14.8 Å². The fourth-order valence-corrected chi connectivity index (χ4v) is 3.42. The van der Waals surface area contributed by atoms with Crippen LogP contribution in [0.4, 0.5) is 0 Å². The number of carbonyl (C=O) groups is 2. The molecular weight excluding hydrogens is 406 g/mol. The van der Waals surface area contributed by atoms with Gasteiger partial charge in [0.15, 0.2) is 0 Å². The number of rotatable bonds is 10. The third-order valence-electron chi connectivity index (χ3n) is 4.79. The van der Waals surface area contributed by atoms with Gasteiger partial charge in [0.2, 0.25) is 0 Å². The van der Waals surface area contributed by atoms with Gasteiger partial charge in [-0.2, -0.15) is 0 Å². The van der Waals surface area contributed by atoms with Crippen LogP contribution in [-0.4, -0.2) is 67.1 Å². The Labute approximate surface area is 180 Å². The Morgan fingerprint density at radius 2 is 1.67 bits per heavy atom. The van der Waals surface area contributed by atoms with Crippen molar-refractivity contribution in [1.29, 1.82) is 0 Å². The second-order valence-electron chi connectivity index (χ2n) is 6.76. The van der Waals surface area contributed by atoms with Crippen LogP contribution in [0.25, 0.3) is 5.57 Å². The summed E-state index contributed by atoms with van der Waals surface area (Å²) in [4.78, 5) is 34.0. The molecule has 1 aromatic heterocycles. The fraction of sp³-hybridized carbons (Fsp3) is 0.318. The smallest absolute Gasteiger partial charge is 0.278 e. The molecule has 0 atom stereocenters. The molecule has 0 N–H and O–H groups in total. The first-order chi connectivity index (χ1) is 14.6. The normalized spacial score (nSPS) is 14.0. The van der Waals surface area contributed by atoms with Gasteiger partial charge in [0.05, 0.1) is 25.3 Å². The number of pyridine rings is 1. The molecule has 1 aliphatic heterocycles. The van der Waals surface area contributed by atoms with E-state index < -0.39 is 0 Å². The van der Waals surface area contributed by atoms with E-state index in [1.165, 1.54) is 4.90 Å². The minimum atomic E-state index is -0.346. The number of hydrogen-bond acceptors (Lipinski definition) is 6. The quantitative estimate of drug-likeness (QED) is 0.541. The Morgan fingerprint density at radius 3 is 2.23 bits per heavy atom. The highest BCUT2D eigenvalue weighted by Crippen LogP contribution is 2.33. The number of carbonyl (C=O) groups excluding carboxylic acids is 2. The highest BCUT2D eigenvalue weighted by molar-refractivity contribution is 6.35. The van der Waals surface area contributed by atoms with E-state index in [0.717, 1.165) is 5.56 Å². The molecule has 1 aromatic carbocycles. The second-order valence-corrected chi connectivity index (χ2v) is 7.20. The van der Waals surface area contributed by atoms with Gasteiger partial charge in [-0.05, 0) is 29.3 Å². The lowest BCUT2D eigenvalue weighted by Crippen LogP contribution is -2.37. The van der Waals surface area contributed by atoms with Crippen LogP contribution in [-0.2, 0) is 25.6 Å². The topological polar surface area (TPSA) is 72.0 Å². The summed E-state index contributed by atoms with van der Waals surface area (Å²) in [7, 11) is 3.19. The predicted molar refractivity (Wildman–Crippen MR) is 113 cm³/mol. The van der Waals surface area contributed by atoms with Crippen LogP contribution in [0, 0.1) is 0 Å². The van der Waals surface area contributed by atoms with Crippen molar-refractivity contribution < 1.29 is 19.1 Å². The van der Waals surface area contributed by atoms with Gasteiger partial charge in [-0.25, -0.2) is 0 Å². The van der Waals surface area contributed by atoms with E-state index in [4.69, 9.17) is 21.1 Å². The summed E-state index contributed by atoms with van der Waals surface area (Å²) in [5.41, 5.74) is 2.12. The van der Waals surface area contributed by atoms with E-state index in [1.807, 2.05) is 11.0 Å². The Kier molecular flexibility index (Phi) is 7.57. The number of halogens is 1. The summed E-state index contributed by atoms with van der Waals surface area (Å²) in [6.07, 6.45) is 3.30. The maximum atomic E-state index is 13.4. The first-order valence-corrected chi connectivity index (χ1v) is 9.92. The first kappa shape index (κ1) is 22.0. The standard InChI is InChI=1S/C22H24ClN3O4/c1-29-12-10-25(11-13-30-2)20-19(17-5-7-18(23)8-6-17)21(27)26(22(20)28)15-16-4-3-9-24-14-16/h3-9,14H,10-13,15H2,1-2H3. The van der Waals surface area contributed by atoms with Crippen molar-refractivity contribution in [2.75, 3.05) is 40.5 Å². The second kappa shape index (κ2) is 10.3. The molecule has 8 heteroatoms. The number of imide groups is 1. The number of benzene rings is 1. The molecule has 2 aromatic rings. The first-order valence-electron chi connectivity index (χ1n) is 9.55. The lowest BCUT2D eigenvalue weighted by Gasteiger charge is -2.25. The van der Waals surface area contributed by atoms with E-state index >= 15 is 0 Å². The lowest BCUT2D eigenvalue weighted by atomic mass is 10.0. The van der Waals surface area contributed by atoms with Crippen molar-refractivity contribution in [2.45, 2.75) is 6.54 Å². The molecule has 0 radical (unpaired) electrons. The summed E-state index contributed by atoms with van der Waals surface area (Å²) in [5.74, 6) is -0.693. The highest BCUT2D eigenvalue weighted by atomic mass is 35.5. The van der Waals surface area contributed by atoms with Gasteiger partial charge in [0.25, 0.3) is 11.8 Å². The average molecular weight is 430 g/mol. The van der Waals surface area contributed by atoms with Gasteiger partial charge in [-0.3, -0.25) is 19.5 Å². The monoisotopic (exact) mass is 429 g/mol. The van der Waals surface area contributed by atoms with Gasteiger partial charge < -0.3 is 14.4 Å². The Balaban J connectivity index is 2.03. The molecule has 0 saturated heterocycles. The molecule has 0 spiro atoms. The average Bonchev–Trinajstić information content (AvgIpc) is 3.00. The van der Waals surface area contributed by atoms with Crippen molar-refractivity contribution in [3.05, 3.63) is 70.6 Å². The molecule has 0 fully saturated rings. The lowest BCUT2D eigenvalue weighted by molar-refractivity contribution is -0.138. The summed E-state index contributed by atoms with van der Waals surface area (Å²) in [6, 6.07) is 10.5. The van der Waals surface area contributed by atoms with E-state index in [2.05, 4.69) is 4.98 Å². The molecule has 2 heterocycles. The van der Waals surface area contributed by atoms with Crippen molar-refractivity contribution >= 4 is 29.0 Å². The Bertz CT molecular complexity index is 908. The molecule has 0 bridgehead atoms. The van der Waals surface area contributed by atoms with Crippen LogP contribution >= 0.6 is 11.6 Å². The minimum absolute atomic E-state index is 0.147. The zero-order valence-electron chi connectivity index (χ0n) is 17.0. The minimum Gasteiger partial charge on any atom is -0.383 e. The number of ether oxygens (including phenoxy) is 2. The van der Waals surface area contributed by atoms with Crippen LogP contribution in [0.3, 0.4) is 0 Å². The van der Waals surface area contributed by atoms with E-state index in [0.29, 0.717) is 48.2 Å². The van der Waals surface area contributed by atoms with E-state index in [1.54, 1.807) is 56.9 Å². The molecule has 7 nitrogen and oxygen atoms in total. The predicted octanol–water partition coefficient (Wildman–Crippen LogP) is 2.61. The number of nitrogens with zero attached hydrogens (tertiary/aromatic N) is 3. The van der Waals surface area contributed by atoms with Crippen LogP contribution < -0.4 is 0 Å². The van der Waals surface area contributed by atoms with Crippen LogP contribution in [0.5, 0.6) is 0 Å². The Morgan fingerprint density at radius 1 is 1.00 bits per heavy atom. The Hall–Kier alpha value is -2.74. The molecule has 1 aliphatic rings. The maximum absolute atomic E-state index is 13.4. The van der Waals surface area contributed by atoms with E-state index in [-0.39, 0.29) is 18.4 Å². The van der Waals surface area contributed by atoms with Crippen molar-refractivity contribution in [2.24, 2.45) is 0 Å². The zero-order chi connectivity index (χ0) is 21.5. The van der Waals surface area contributed by atoms with Crippen LogP contribution in [0.15, 0.2) is 54.5 Å². The van der Waals surface area contributed by atoms with Crippen LogP contribution in [0.1, 0.15) is 11.1 Å². The zero-order valence-corrected chi connectivity index (χ0v) is 17.8. The van der Waals surface area contributed by atoms with Crippen molar-refractivity contribution in [3.8, 4) is 0 Å². The molecule has 30 heavy (non-hydrogen) atoms. The number of aromatic nitrogens is 1. The van der Waals surface area contributed by atoms with E-state index in [9.17, 15) is 9.59 Å². The summed E-state index contributed by atoms with van der Waals surface area (Å²) < 4.78 is 10.4. The summed E-state index contributed by atoms with van der Waals surface area (Å²) in [5, 5.41) is 0.556. The van der Waals surface area contributed by atoms with Gasteiger partial charge in [0.1, 0.15) is 5.70 Å². The molecule has 2 amide bonds. The SMILES string of the molecule is COCCN(CCOC)C1=C(c2ccc(Cl)cc2)C(=O)N(Cc2cccnc2)C1=O. The summed E-state index contributed by atoms with van der Waals surface area (Å²) in [6.45, 7) is 1.86. The molecule has 0 saturated carbocycles. The van der Waals surface area contributed by atoms with Gasteiger partial charge >= 0.3 is 0 Å². The van der Waals surface area contributed by atoms with Crippen LogP contribution in [0.2, 0.25) is 5.02 Å². The summed E-state index contributed by atoms with van der Waals surface area (Å²) >= 11 is 6.03. The number of amides is 2. The molecule has 0 aliphatic carbocycles. The third kappa shape index (κ3) is 4.87. The largest absolute Gasteiger partial charge is 0.383 e. The maximum Gasteiger partial charge on any atom is 0.278 e. The van der Waals surface area contributed by atoms with Gasteiger partial charge in [0, 0.05) is 44.7 Å². The molecule has 0 unspecified atom stereocenters. The fourth-order valence-electron chi connectivity index (χ4n) is 3.29.